The molecule has 1 aliphatic rings. The monoisotopic (exact) mass is 163 g/mol. The van der Waals surface area contributed by atoms with Gasteiger partial charge in [-0.05, 0) is 24.0 Å². The summed E-state index contributed by atoms with van der Waals surface area (Å²) in [5.41, 5.74) is 2.40. The molecule has 1 atom stereocenters. The molecule has 0 saturated carbocycles. The smallest absolute Gasteiger partial charge is 0.117 e. The van der Waals surface area contributed by atoms with Crippen molar-refractivity contribution in [3.63, 3.8) is 0 Å². The van der Waals surface area contributed by atoms with Gasteiger partial charge in [0.15, 0.2) is 0 Å². The van der Waals surface area contributed by atoms with Gasteiger partial charge in [0.1, 0.15) is 5.75 Å². The van der Waals surface area contributed by atoms with Crippen molar-refractivity contribution in [3.05, 3.63) is 23.8 Å². The topological polar surface area (TPSA) is 32.3 Å². The number of nitrogens with one attached hydrogen (secondary N) is 1. The Kier molecular flexibility index (Phi) is 1.68. The lowest BCUT2D eigenvalue weighted by Gasteiger charge is -2.23. The van der Waals surface area contributed by atoms with Gasteiger partial charge in [-0.1, -0.05) is 13.0 Å². The lowest BCUT2D eigenvalue weighted by molar-refractivity contribution is 0.474. The Labute approximate surface area is 72.2 Å². The first-order chi connectivity index (χ1) is 5.75. The molecule has 0 bridgehead atoms. The van der Waals surface area contributed by atoms with Crippen LogP contribution >= 0.6 is 0 Å². The van der Waals surface area contributed by atoms with Gasteiger partial charge in [-0.15, -0.1) is 0 Å². The van der Waals surface area contributed by atoms with E-state index in [9.17, 15) is 5.11 Å². The minimum atomic E-state index is 0.343. The fraction of sp³-hybridized carbons (Fsp3) is 0.400. The summed E-state index contributed by atoms with van der Waals surface area (Å²) >= 11 is 0. The van der Waals surface area contributed by atoms with Crippen molar-refractivity contribution < 1.29 is 5.11 Å². The molecule has 1 aromatic carbocycles. The van der Waals surface area contributed by atoms with E-state index in [4.69, 9.17) is 0 Å². The van der Waals surface area contributed by atoms with Crippen LogP contribution in [0.5, 0.6) is 5.75 Å². The summed E-state index contributed by atoms with van der Waals surface area (Å²) in [5.74, 6) is 1.04. The Morgan fingerprint density at radius 1 is 1.50 bits per heavy atom. The van der Waals surface area contributed by atoms with Crippen LogP contribution < -0.4 is 5.32 Å². The summed E-state index contributed by atoms with van der Waals surface area (Å²) in [6, 6.07) is 5.53. The molecule has 0 spiro atoms. The summed E-state index contributed by atoms with van der Waals surface area (Å²) in [7, 11) is 0. The van der Waals surface area contributed by atoms with E-state index >= 15 is 0 Å². The predicted octanol–water partition coefficient (Wildman–Crippen LogP) is 2.00. The summed E-state index contributed by atoms with van der Waals surface area (Å²) in [5, 5.41) is 12.5. The molecule has 0 amide bonds. The molecular formula is C10H13NO. The van der Waals surface area contributed by atoms with Crippen molar-refractivity contribution in [2.45, 2.75) is 13.3 Å². The fourth-order valence-corrected chi connectivity index (χ4v) is 1.64. The molecule has 1 heterocycles. The number of phenols is 1. The first kappa shape index (κ1) is 7.47. The molecule has 2 nitrogen and oxygen atoms in total. The molecule has 0 unspecified atom stereocenters. The number of phenolic OH excluding ortho intramolecular Hbond substituents is 1. The molecule has 2 rings (SSSR count). The van der Waals surface area contributed by atoms with Crippen LogP contribution in [0.15, 0.2) is 18.2 Å². The Bertz CT molecular complexity index is 296. The highest BCUT2D eigenvalue weighted by Crippen LogP contribution is 2.27. The highest BCUT2D eigenvalue weighted by atomic mass is 16.3. The third-order valence-electron chi connectivity index (χ3n) is 2.30. The maximum absolute atomic E-state index is 9.21. The van der Waals surface area contributed by atoms with Gasteiger partial charge in [-0.2, -0.15) is 0 Å². The van der Waals surface area contributed by atoms with Gasteiger partial charge in [0, 0.05) is 18.3 Å². The largest absolute Gasteiger partial charge is 0.508 e. The van der Waals surface area contributed by atoms with Crippen molar-refractivity contribution in [1.82, 2.24) is 0 Å². The predicted molar refractivity (Wildman–Crippen MR) is 49.5 cm³/mol. The van der Waals surface area contributed by atoms with Crippen LogP contribution in [0.4, 0.5) is 5.69 Å². The van der Waals surface area contributed by atoms with Crippen LogP contribution in [-0.4, -0.2) is 11.7 Å². The van der Waals surface area contributed by atoms with Crippen LogP contribution in [0, 0.1) is 5.92 Å². The minimum absolute atomic E-state index is 0.343. The van der Waals surface area contributed by atoms with Crippen molar-refractivity contribution in [2.75, 3.05) is 11.9 Å². The van der Waals surface area contributed by atoms with Crippen LogP contribution in [0.1, 0.15) is 12.5 Å². The van der Waals surface area contributed by atoms with E-state index < -0.39 is 0 Å². The summed E-state index contributed by atoms with van der Waals surface area (Å²) in [6.07, 6.45) is 1.11. The third kappa shape index (κ3) is 1.24. The van der Waals surface area contributed by atoms with E-state index in [1.165, 1.54) is 5.56 Å². The number of benzene rings is 1. The SMILES string of the molecule is C[C@@H]1CNc2cc(O)ccc2C1. The number of hydrogen-bond donors (Lipinski definition) is 2. The number of hydrogen-bond acceptors (Lipinski definition) is 2. The molecule has 1 aromatic rings. The van der Waals surface area contributed by atoms with E-state index in [-0.39, 0.29) is 0 Å². The lowest BCUT2D eigenvalue weighted by Crippen LogP contribution is -2.20. The second kappa shape index (κ2) is 2.70. The molecule has 0 aromatic heterocycles. The van der Waals surface area contributed by atoms with Crippen LogP contribution in [-0.2, 0) is 6.42 Å². The Balaban J connectivity index is 2.37. The van der Waals surface area contributed by atoms with Gasteiger partial charge in [0.25, 0.3) is 0 Å². The lowest BCUT2D eigenvalue weighted by atomic mass is 9.95. The molecule has 0 aliphatic carbocycles. The molecule has 12 heavy (non-hydrogen) atoms. The van der Waals surface area contributed by atoms with E-state index in [1.54, 1.807) is 12.1 Å². The molecular weight excluding hydrogens is 150 g/mol. The number of aromatic hydroxyl groups is 1. The standard InChI is InChI=1S/C10H13NO/c1-7-4-8-2-3-9(12)5-10(8)11-6-7/h2-3,5,7,11-12H,4,6H2,1H3/t7-/m0/s1. The fourth-order valence-electron chi connectivity index (χ4n) is 1.64. The van der Waals surface area contributed by atoms with Gasteiger partial charge < -0.3 is 10.4 Å². The zero-order valence-corrected chi connectivity index (χ0v) is 7.17. The molecule has 2 N–H and O–H groups in total. The molecule has 0 fully saturated rings. The maximum Gasteiger partial charge on any atom is 0.117 e. The average molecular weight is 163 g/mol. The van der Waals surface area contributed by atoms with Gasteiger partial charge >= 0.3 is 0 Å². The minimum Gasteiger partial charge on any atom is -0.508 e. The molecule has 1 aliphatic heterocycles. The van der Waals surface area contributed by atoms with E-state index in [2.05, 4.69) is 12.2 Å². The average Bonchev–Trinajstić information content (AvgIpc) is 2.05. The highest BCUT2D eigenvalue weighted by Gasteiger charge is 2.13. The van der Waals surface area contributed by atoms with Crippen molar-refractivity contribution >= 4 is 5.69 Å². The zero-order chi connectivity index (χ0) is 8.55. The highest BCUT2D eigenvalue weighted by molar-refractivity contribution is 5.56. The normalized spacial score (nSPS) is 21.2. The molecule has 0 radical (unpaired) electrons. The van der Waals surface area contributed by atoms with Gasteiger partial charge in [0.05, 0.1) is 0 Å². The van der Waals surface area contributed by atoms with Gasteiger partial charge in [0.2, 0.25) is 0 Å². The van der Waals surface area contributed by atoms with Crippen LogP contribution in [0.2, 0.25) is 0 Å². The first-order valence-electron chi connectivity index (χ1n) is 4.31. The van der Waals surface area contributed by atoms with Gasteiger partial charge in [-0.3, -0.25) is 0 Å². The van der Waals surface area contributed by atoms with E-state index in [1.807, 2.05) is 6.07 Å². The Morgan fingerprint density at radius 2 is 2.33 bits per heavy atom. The van der Waals surface area contributed by atoms with Crippen LogP contribution in [0.25, 0.3) is 0 Å². The molecule has 2 heteroatoms. The Hall–Kier alpha value is -1.18. The van der Waals surface area contributed by atoms with Crippen molar-refractivity contribution in [3.8, 4) is 5.75 Å². The van der Waals surface area contributed by atoms with Gasteiger partial charge in [-0.25, -0.2) is 0 Å². The van der Waals surface area contributed by atoms with E-state index in [0.29, 0.717) is 11.7 Å². The quantitative estimate of drug-likeness (QED) is 0.613. The molecule has 64 valence electrons. The third-order valence-corrected chi connectivity index (χ3v) is 2.30. The summed E-state index contributed by atoms with van der Waals surface area (Å²) in [4.78, 5) is 0. The zero-order valence-electron chi connectivity index (χ0n) is 7.17. The Morgan fingerprint density at radius 3 is 3.17 bits per heavy atom. The number of rotatable bonds is 0. The maximum atomic E-state index is 9.21. The summed E-state index contributed by atoms with van der Waals surface area (Å²) < 4.78 is 0. The first-order valence-corrected chi connectivity index (χ1v) is 4.31. The second-order valence-electron chi connectivity index (χ2n) is 3.53. The number of fused-ring (bicyclic) bond motifs is 1. The molecule has 0 saturated heterocycles. The van der Waals surface area contributed by atoms with Crippen molar-refractivity contribution in [2.24, 2.45) is 5.92 Å². The second-order valence-corrected chi connectivity index (χ2v) is 3.53. The summed E-state index contributed by atoms with van der Waals surface area (Å²) in [6.45, 7) is 3.24. The van der Waals surface area contributed by atoms with Crippen LogP contribution in [0.3, 0.4) is 0 Å². The van der Waals surface area contributed by atoms with Crippen molar-refractivity contribution in [1.29, 1.82) is 0 Å². The number of anilines is 1. The van der Waals surface area contributed by atoms with E-state index in [0.717, 1.165) is 18.7 Å².